The van der Waals surface area contributed by atoms with Crippen LogP contribution in [0, 0.1) is 6.92 Å². The number of nitrogens with zero attached hydrogens (tertiary/aromatic N) is 3. The third kappa shape index (κ3) is 2.45. The van der Waals surface area contributed by atoms with Crippen molar-refractivity contribution in [2.45, 2.75) is 13.3 Å². The fourth-order valence-electron chi connectivity index (χ4n) is 2.34. The number of hydrogen-bond acceptors (Lipinski definition) is 4. The van der Waals surface area contributed by atoms with Crippen LogP contribution >= 0.6 is 0 Å². The lowest BCUT2D eigenvalue weighted by Gasteiger charge is -2.08. The van der Waals surface area contributed by atoms with Gasteiger partial charge < -0.3 is 5.32 Å². The van der Waals surface area contributed by atoms with Crippen LogP contribution in [0.1, 0.15) is 17.0 Å². The molecule has 2 heterocycles. The lowest BCUT2D eigenvalue weighted by atomic mass is 10.0. The molecule has 0 saturated carbocycles. The van der Waals surface area contributed by atoms with E-state index in [4.69, 9.17) is 0 Å². The number of para-hydroxylation sites is 1. The van der Waals surface area contributed by atoms with Crippen LogP contribution in [0.2, 0.25) is 0 Å². The SMILES string of the molecule is CNc1nc(C)cc(Cc2ccnc3ccccc23)n1. The Bertz CT molecular complexity index is 747. The van der Waals surface area contributed by atoms with Crippen LogP contribution in [0.15, 0.2) is 42.6 Å². The highest BCUT2D eigenvalue weighted by molar-refractivity contribution is 5.82. The topological polar surface area (TPSA) is 50.7 Å². The molecule has 0 fully saturated rings. The Kier molecular flexibility index (Phi) is 3.29. The molecule has 0 saturated heterocycles. The fraction of sp³-hybridized carbons (Fsp3) is 0.188. The van der Waals surface area contributed by atoms with E-state index in [9.17, 15) is 0 Å². The summed E-state index contributed by atoms with van der Waals surface area (Å²) < 4.78 is 0. The summed E-state index contributed by atoms with van der Waals surface area (Å²) in [4.78, 5) is 13.2. The van der Waals surface area contributed by atoms with E-state index < -0.39 is 0 Å². The summed E-state index contributed by atoms with van der Waals surface area (Å²) in [6.07, 6.45) is 2.63. The summed E-state index contributed by atoms with van der Waals surface area (Å²) in [5.74, 6) is 0.665. The lowest BCUT2D eigenvalue weighted by Crippen LogP contribution is -2.02. The van der Waals surface area contributed by atoms with E-state index in [0.717, 1.165) is 23.3 Å². The molecule has 0 unspecified atom stereocenters. The van der Waals surface area contributed by atoms with E-state index in [0.29, 0.717) is 5.95 Å². The predicted molar refractivity (Wildman–Crippen MR) is 80.9 cm³/mol. The highest BCUT2D eigenvalue weighted by Gasteiger charge is 2.06. The van der Waals surface area contributed by atoms with Crippen molar-refractivity contribution in [3.8, 4) is 0 Å². The van der Waals surface area contributed by atoms with E-state index in [2.05, 4.69) is 32.4 Å². The average Bonchev–Trinajstić information content (AvgIpc) is 2.47. The predicted octanol–water partition coefficient (Wildman–Crippen LogP) is 2.97. The molecule has 0 aliphatic heterocycles. The minimum atomic E-state index is 0.665. The molecule has 1 aromatic carbocycles. The number of aryl methyl sites for hydroxylation is 1. The van der Waals surface area contributed by atoms with Gasteiger partial charge in [-0.2, -0.15) is 0 Å². The van der Waals surface area contributed by atoms with Gasteiger partial charge in [0.15, 0.2) is 0 Å². The number of rotatable bonds is 3. The average molecular weight is 264 g/mol. The van der Waals surface area contributed by atoms with Gasteiger partial charge in [0.05, 0.1) is 11.2 Å². The largest absolute Gasteiger partial charge is 0.357 e. The Morgan fingerprint density at radius 1 is 1.10 bits per heavy atom. The van der Waals surface area contributed by atoms with Gasteiger partial charge in [-0.15, -0.1) is 0 Å². The Morgan fingerprint density at radius 2 is 1.95 bits per heavy atom. The van der Waals surface area contributed by atoms with E-state index in [1.807, 2.05) is 44.4 Å². The van der Waals surface area contributed by atoms with Crippen LogP contribution in [-0.2, 0) is 6.42 Å². The zero-order valence-corrected chi connectivity index (χ0v) is 11.6. The molecular weight excluding hydrogens is 248 g/mol. The summed E-state index contributed by atoms with van der Waals surface area (Å²) in [5.41, 5.74) is 4.23. The Labute approximate surface area is 117 Å². The quantitative estimate of drug-likeness (QED) is 0.790. The molecule has 0 bridgehead atoms. The van der Waals surface area contributed by atoms with Crippen LogP contribution in [0.4, 0.5) is 5.95 Å². The third-order valence-electron chi connectivity index (χ3n) is 3.24. The number of nitrogens with one attached hydrogen (secondary N) is 1. The molecule has 100 valence electrons. The van der Waals surface area contributed by atoms with Crippen molar-refractivity contribution in [3.63, 3.8) is 0 Å². The second-order valence-corrected chi connectivity index (χ2v) is 4.74. The normalized spacial score (nSPS) is 10.7. The number of benzene rings is 1. The van der Waals surface area contributed by atoms with E-state index in [-0.39, 0.29) is 0 Å². The van der Waals surface area contributed by atoms with Gasteiger partial charge in [-0.1, -0.05) is 18.2 Å². The van der Waals surface area contributed by atoms with Gasteiger partial charge in [0.2, 0.25) is 5.95 Å². The molecule has 20 heavy (non-hydrogen) atoms. The highest BCUT2D eigenvalue weighted by Crippen LogP contribution is 2.19. The molecular formula is C16H16N4. The smallest absolute Gasteiger partial charge is 0.222 e. The molecule has 0 radical (unpaired) electrons. The van der Waals surface area contributed by atoms with Crippen molar-refractivity contribution in [1.82, 2.24) is 15.0 Å². The maximum atomic E-state index is 4.51. The van der Waals surface area contributed by atoms with Gasteiger partial charge in [-0.25, -0.2) is 9.97 Å². The van der Waals surface area contributed by atoms with E-state index >= 15 is 0 Å². The molecule has 0 atom stereocenters. The van der Waals surface area contributed by atoms with Crippen molar-refractivity contribution in [2.75, 3.05) is 12.4 Å². The maximum absolute atomic E-state index is 4.51. The maximum Gasteiger partial charge on any atom is 0.222 e. The first-order valence-electron chi connectivity index (χ1n) is 6.61. The third-order valence-corrected chi connectivity index (χ3v) is 3.24. The van der Waals surface area contributed by atoms with Gasteiger partial charge in [0.1, 0.15) is 0 Å². The molecule has 0 amide bonds. The number of anilines is 1. The fourth-order valence-corrected chi connectivity index (χ4v) is 2.34. The Morgan fingerprint density at radius 3 is 2.80 bits per heavy atom. The first-order valence-corrected chi connectivity index (χ1v) is 6.61. The van der Waals surface area contributed by atoms with Crippen molar-refractivity contribution >= 4 is 16.9 Å². The molecule has 4 heteroatoms. The minimum absolute atomic E-state index is 0.665. The molecule has 4 nitrogen and oxygen atoms in total. The number of fused-ring (bicyclic) bond motifs is 1. The lowest BCUT2D eigenvalue weighted by molar-refractivity contribution is 1.00. The van der Waals surface area contributed by atoms with E-state index in [1.54, 1.807) is 0 Å². The van der Waals surface area contributed by atoms with Crippen LogP contribution < -0.4 is 5.32 Å². The van der Waals surface area contributed by atoms with Crippen LogP contribution in [0.5, 0.6) is 0 Å². The molecule has 3 aromatic rings. The highest BCUT2D eigenvalue weighted by atomic mass is 15.1. The van der Waals surface area contributed by atoms with Crippen molar-refractivity contribution < 1.29 is 0 Å². The summed E-state index contributed by atoms with van der Waals surface area (Å²) in [6.45, 7) is 1.98. The van der Waals surface area contributed by atoms with Crippen molar-refractivity contribution in [2.24, 2.45) is 0 Å². The molecule has 1 N–H and O–H groups in total. The van der Waals surface area contributed by atoms with Crippen molar-refractivity contribution in [1.29, 1.82) is 0 Å². The summed E-state index contributed by atoms with van der Waals surface area (Å²) >= 11 is 0. The molecule has 2 aromatic heterocycles. The zero-order chi connectivity index (χ0) is 13.9. The molecule has 0 aliphatic carbocycles. The van der Waals surface area contributed by atoms with Gasteiger partial charge in [0, 0.05) is 30.7 Å². The minimum Gasteiger partial charge on any atom is -0.357 e. The zero-order valence-electron chi connectivity index (χ0n) is 11.6. The standard InChI is InChI=1S/C16H16N4/c1-11-9-13(20-16(17-2)19-11)10-12-7-8-18-15-6-4-3-5-14(12)15/h3-9H,10H2,1-2H3,(H,17,19,20). The number of aromatic nitrogens is 3. The molecule has 0 spiro atoms. The Hall–Kier alpha value is -2.49. The Balaban J connectivity index is 2.03. The molecule has 0 aliphatic rings. The summed E-state index contributed by atoms with van der Waals surface area (Å²) in [7, 11) is 1.83. The first-order chi connectivity index (χ1) is 9.76. The monoisotopic (exact) mass is 264 g/mol. The van der Waals surface area contributed by atoms with Gasteiger partial charge in [0.25, 0.3) is 0 Å². The van der Waals surface area contributed by atoms with Crippen LogP contribution in [0.25, 0.3) is 10.9 Å². The summed E-state index contributed by atoms with van der Waals surface area (Å²) in [6, 6.07) is 12.3. The number of hydrogen-bond donors (Lipinski definition) is 1. The van der Waals surface area contributed by atoms with Crippen LogP contribution in [0.3, 0.4) is 0 Å². The summed E-state index contributed by atoms with van der Waals surface area (Å²) in [5, 5.41) is 4.17. The number of pyridine rings is 1. The van der Waals surface area contributed by atoms with Gasteiger partial charge in [-0.05, 0) is 30.7 Å². The van der Waals surface area contributed by atoms with Crippen LogP contribution in [-0.4, -0.2) is 22.0 Å². The molecule has 3 rings (SSSR count). The first kappa shape index (κ1) is 12.5. The second-order valence-electron chi connectivity index (χ2n) is 4.74. The van der Waals surface area contributed by atoms with Gasteiger partial charge >= 0.3 is 0 Å². The van der Waals surface area contributed by atoms with Gasteiger partial charge in [-0.3, -0.25) is 4.98 Å². The van der Waals surface area contributed by atoms with Crippen molar-refractivity contribution in [3.05, 3.63) is 59.5 Å². The van der Waals surface area contributed by atoms with E-state index in [1.165, 1.54) is 10.9 Å². The second kappa shape index (κ2) is 5.25.